The minimum atomic E-state index is 0.280. The molecule has 9 heteroatoms. The third kappa shape index (κ3) is 7.69. The number of aromatic nitrogens is 3. The summed E-state index contributed by atoms with van der Waals surface area (Å²) in [6, 6.07) is 16.1. The van der Waals surface area contributed by atoms with Gasteiger partial charge in [-0.3, -0.25) is 0 Å². The lowest BCUT2D eigenvalue weighted by atomic mass is 10.1. The number of aromatic hydroxyl groups is 1. The van der Waals surface area contributed by atoms with Crippen LogP contribution in [-0.4, -0.2) is 72.4 Å². The number of phenolic OH excluding ortho intramolecular Hbond substituents is 1. The van der Waals surface area contributed by atoms with Crippen molar-refractivity contribution in [1.29, 1.82) is 0 Å². The molecule has 2 N–H and O–H groups in total. The predicted octanol–water partition coefficient (Wildman–Crippen LogP) is 4.17. The molecule has 0 bridgehead atoms. The van der Waals surface area contributed by atoms with E-state index < -0.39 is 0 Å². The quantitative estimate of drug-likeness (QED) is 0.410. The lowest BCUT2D eigenvalue weighted by Crippen LogP contribution is -2.54. The maximum Gasteiger partial charge on any atom is 0.232 e. The fourth-order valence-corrected chi connectivity index (χ4v) is 4.77. The summed E-state index contributed by atoms with van der Waals surface area (Å²) in [4.78, 5) is 21.1. The molecule has 1 aromatic heterocycles. The molecule has 1 fully saturated rings. The number of hydrogen-bond acceptors (Lipinski definition) is 8. The number of anilines is 3. The van der Waals surface area contributed by atoms with Gasteiger partial charge in [-0.2, -0.15) is 15.0 Å². The summed E-state index contributed by atoms with van der Waals surface area (Å²) in [5.74, 6) is 2.36. The van der Waals surface area contributed by atoms with Gasteiger partial charge in [0.15, 0.2) is 0 Å². The molecule has 0 spiro atoms. The van der Waals surface area contributed by atoms with Crippen LogP contribution in [-0.2, 0) is 12.8 Å². The molecule has 2 aromatic carbocycles. The number of phenols is 1. The van der Waals surface area contributed by atoms with Crippen LogP contribution in [0.3, 0.4) is 0 Å². The van der Waals surface area contributed by atoms with Gasteiger partial charge in [-0.25, -0.2) is 0 Å². The standard InChI is InChI=1S/C28H38ClN7O/c1-20-18-36(19-21(2)30-20)28-32-26(34(3)16-5-6-22-7-11-24(29)12-8-22)31-27(33-28)35(4)17-15-23-9-13-25(37)14-10-23/h7-14,20-21,30,37H,5-6,15-19H2,1-4H3. The minimum absolute atomic E-state index is 0.280. The second kappa shape index (κ2) is 12.4. The van der Waals surface area contributed by atoms with E-state index in [1.165, 1.54) is 5.56 Å². The third-order valence-corrected chi connectivity index (χ3v) is 6.92. The monoisotopic (exact) mass is 523 g/mol. The van der Waals surface area contributed by atoms with Crippen LogP contribution in [0.25, 0.3) is 0 Å². The zero-order chi connectivity index (χ0) is 26.4. The molecule has 1 aliphatic heterocycles. The Bertz CT molecular complexity index is 1130. The highest BCUT2D eigenvalue weighted by Crippen LogP contribution is 2.21. The number of hydrogen-bond donors (Lipinski definition) is 2. The van der Waals surface area contributed by atoms with E-state index >= 15 is 0 Å². The molecule has 0 radical (unpaired) electrons. The Labute approximate surface area is 225 Å². The smallest absolute Gasteiger partial charge is 0.232 e. The first-order chi connectivity index (χ1) is 17.8. The fraction of sp³-hybridized carbons (Fsp3) is 0.464. The molecule has 2 heterocycles. The second-order valence-corrected chi connectivity index (χ2v) is 10.5. The Kier molecular flexibility index (Phi) is 9.05. The molecular weight excluding hydrogens is 486 g/mol. The Morgan fingerprint density at radius 1 is 0.838 bits per heavy atom. The van der Waals surface area contributed by atoms with Gasteiger partial charge in [0.25, 0.3) is 0 Å². The number of likely N-dealkylation sites (N-methyl/N-ethyl adjacent to an activating group) is 1. The zero-order valence-corrected chi connectivity index (χ0v) is 23.0. The Morgan fingerprint density at radius 2 is 1.38 bits per heavy atom. The average molecular weight is 524 g/mol. The summed E-state index contributed by atoms with van der Waals surface area (Å²) in [6.07, 6.45) is 2.77. The summed E-state index contributed by atoms with van der Waals surface area (Å²) < 4.78 is 0. The van der Waals surface area contributed by atoms with Crippen LogP contribution in [0.2, 0.25) is 5.02 Å². The van der Waals surface area contributed by atoms with Crippen molar-refractivity contribution in [1.82, 2.24) is 20.3 Å². The summed E-state index contributed by atoms with van der Waals surface area (Å²) in [5, 5.41) is 13.9. The molecule has 3 aromatic rings. The van der Waals surface area contributed by atoms with Gasteiger partial charge in [0, 0.05) is 57.4 Å². The van der Waals surface area contributed by atoms with Gasteiger partial charge in [-0.15, -0.1) is 0 Å². The summed E-state index contributed by atoms with van der Waals surface area (Å²) in [6.45, 7) is 7.67. The normalized spacial score (nSPS) is 17.6. The molecule has 37 heavy (non-hydrogen) atoms. The topological polar surface area (TPSA) is 80.7 Å². The number of piperazine rings is 1. The minimum Gasteiger partial charge on any atom is -0.508 e. The number of benzene rings is 2. The van der Waals surface area contributed by atoms with E-state index in [2.05, 4.69) is 46.0 Å². The number of aryl methyl sites for hydroxylation is 1. The van der Waals surface area contributed by atoms with Crippen molar-refractivity contribution in [3.8, 4) is 5.75 Å². The molecule has 0 aliphatic carbocycles. The van der Waals surface area contributed by atoms with Crippen molar-refractivity contribution in [2.45, 2.75) is 45.2 Å². The highest BCUT2D eigenvalue weighted by molar-refractivity contribution is 6.30. The van der Waals surface area contributed by atoms with Crippen molar-refractivity contribution in [3.63, 3.8) is 0 Å². The number of nitrogens with one attached hydrogen (secondary N) is 1. The molecular formula is C28H38ClN7O. The van der Waals surface area contributed by atoms with E-state index in [0.717, 1.165) is 62.0 Å². The van der Waals surface area contributed by atoms with Crippen LogP contribution in [0.5, 0.6) is 5.75 Å². The van der Waals surface area contributed by atoms with Gasteiger partial charge in [-0.1, -0.05) is 35.9 Å². The van der Waals surface area contributed by atoms with E-state index in [0.29, 0.717) is 24.0 Å². The van der Waals surface area contributed by atoms with Crippen molar-refractivity contribution in [2.75, 3.05) is 55.0 Å². The van der Waals surface area contributed by atoms with Crippen LogP contribution in [0.15, 0.2) is 48.5 Å². The Morgan fingerprint density at radius 3 is 2.00 bits per heavy atom. The maximum absolute atomic E-state index is 9.57. The van der Waals surface area contributed by atoms with Crippen LogP contribution < -0.4 is 20.0 Å². The van der Waals surface area contributed by atoms with Crippen molar-refractivity contribution >= 4 is 29.4 Å². The molecule has 0 saturated carbocycles. The summed E-state index contributed by atoms with van der Waals surface area (Å²) >= 11 is 6.02. The van der Waals surface area contributed by atoms with E-state index in [9.17, 15) is 5.11 Å². The van der Waals surface area contributed by atoms with Gasteiger partial charge in [0.1, 0.15) is 5.75 Å². The van der Waals surface area contributed by atoms with Crippen LogP contribution >= 0.6 is 11.6 Å². The summed E-state index contributed by atoms with van der Waals surface area (Å²) in [7, 11) is 4.07. The van der Waals surface area contributed by atoms with Gasteiger partial charge in [0.05, 0.1) is 0 Å². The fourth-order valence-electron chi connectivity index (χ4n) is 4.65. The van der Waals surface area contributed by atoms with Crippen LogP contribution in [0, 0.1) is 0 Å². The molecule has 4 rings (SSSR count). The number of halogens is 1. The van der Waals surface area contributed by atoms with E-state index in [4.69, 9.17) is 26.6 Å². The summed E-state index contributed by atoms with van der Waals surface area (Å²) in [5.41, 5.74) is 2.43. The second-order valence-electron chi connectivity index (χ2n) is 10.1. The molecule has 2 unspecified atom stereocenters. The number of rotatable bonds is 10. The third-order valence-electron chi connectivity index (χ3n) is 6.67. The van der Waals surface area contributed by atoms with Gasteiger partial charge >= 0.3 is 0 Å². The first-order valence-corrected chi connectivity index (χ1v) is 13.4. The largest absolute Gasteiger partial charge is 0.508 e. The molecule has 2 atom stereocenters. The lowest BCUT2D eigenvalue weighted by molar-refractivity contribution is 0.403. The lowest BCUT2D eigenvalue weighted by Gasteiger charge is -2.36. The zero-order valence-electron chi connectivity index (χ0n) is 22.2. The van der Waals surface area contributed by atoms with Crippen molar-refractivity contribution in [3.05, 3.63) is 64.7 Å². The Hall–Kier alpha value is -3.10. The Balaban J connectivity index is 1.49. The average Bonchev–Trinajstić information content (AvgIpc) is 2.88. The molecule has 1 aliphatic rings. The van der Waals surface area contributed by atoms with Gasteiger partial charge in [-0.05, 0) is 68.5 Å². The van der Waals surface area contributed by atoms with Crippen molar-refractivity contribution < 1.29 is 5.11 Å². The van der Waals surface area contributed by atoms with E-state index in [-0.39, 0.29) is 5.75 Å². The molecule has 8 nitrogen and oxygen atoms in total. The van der Waals surface area contributed by atoms with E-state index in [1.807, 2.05) is 38.4 Å². The molecule has 198 valence electrons. The maximum atomic E-state index is 9.57. The SMILES string of the molecule is CC1CN(c2nc(N(C)CCCc3ccc(Cl)cc3)nc(N(C)CCc3ccc(O)cc3)n2)CC(C)N1. The van der Waals surface area contributed by atoms with Crippen LogP contribution in [0.4, 0.5) is 17.8 Å². The van der Waals surface area contributed by atoms with Crippen molar-refractivity contribution in [2.24, 2.45) is 0 Å². The molecule has 1 saturated heterocycles. The first-order valence-electron chi connectivity index (χ1n) is 13.0. The predicted molar refractivity (Wildman–Crippen MR) is 152 cm³/mol. The van der Waals surface area contributed by atoms with E-state index in [1.54, 1.807) is 12.1 Å². The first kappa shape index (κ1) is 26.9. The highest BCUT2D eigenvalue weighted by atomic mass is 35.5. The van der Waals surface area contributed by atoms with Gasteiger partial charge in [0.2, 0.25) is 17.8 Å². The van der Waals surface area contributed by atoms with Crippen LogP contribution in [0.1, 0.15) is 31.4 Å². The van der Waals surface area contributed by atoms with Gasteiger partial charge < -0.3 is 25.1 Å². The number of nitrogens with zero attached hydrogens (tertiary/aromatic N) is 6. The molecule has 0 amide bonds. The highest BCUT2D eigenvalue weighted by Gasteiger charge is 2.25.